The van der Waals surface area contributed by atoms with E-state index in [2.05, 4.69) is 4.98 Å². The van der Waals surface area contributed by atoms with Gasteiger partial charge in [0, 0.05) is 13.1 Å². The maximum atomic E-state index is 13.0. The summed E-state index contributed by atoms with van der Waals surface area (Å²) in [5, 5.41) is 0.0533. The number of nitrogens with zero attached hydrogens (tertiary/aromatic N) is 2. The minimum atomic E-state index is -0.547. The van der Waals surface area contributed by atoms with E-state index in [0.29, 0.717) is 0 Å². The van der Waals surface area contributed by atoms with Crippen LogP contribution in [0.4, 0.5) is 4.39 Å². The number of hydrogen-bond donors (Lipinski definition) is 0. The van der Waals surface area contributed by atoms with E-state index in [9.17, 15) is 9.18 Å². The summed E-state index contributed by atoms with van der Waals surface area (Å²) in [5.41, 5.74) is 0.135. The van der Waals surface area contributed by atoms with Crippen molar-refractivity contribution in [2.45, 2.75) is 25.3 Å². The highest BCUT2D eigenvalue weighted by Gasteiger charge is 2.27. The van der Waals surface area contributed by atoms with Gasteiger partial charge in [0.05, 0.1) is 11.8 Å². The number of amides is 1. The van der Waals surface area contributed by atoms with Crippen LogP contribution in [0, 0.1) is 5.82 Å². The summed E-state index contributed by atoms with van der Waals surface area (Å²) in [6.45, 7) is 0. The van der Waals surface area contributed by atoms with Crippen molar-refractivity contribution in [3.8, 4) is 0 Å². The zero-order valence-corrected chi connectivity index (χ0v) is 9.67. The first-order valence-electron chi connectivity index (χ1n) is 5.18. The average molecular weight is 243 g/mol. The molecule has 1 aromatic heterocycles. The van der Waals surface area contributed by atoms with Crippen molar-refractivity contribution < 1.29 is 9.18 Å². The fourth-order valence-electron chi connectivity index (χ4n) is 1.70. The van der Waals surface area contributed by atoms with Gasteiger partial charge in [-0.05, 0) is 25.3 Å². The lowest BCUT2D eigenvalue weighted by atomic mass is 9.91. The van der Waals surface area contributed by atoms with Gasteiger partial charge in [0.2, 0.25) is 0 Å². The van der Waals surface area contributed by atoms with Crippen molar-refractivity contribution in [3.63, 3.8) is 0 Å². The molecule has 1 aliphatic carbocycles. The molecular weight excluding hydrogens is 231 g/mol. The van der Waals surface area contributed by atoms with Gasteiger partial charge in [-0.15, -0.1) is 0 Å². The molecule has 0 N–H and O–H groups in total. The molecule has 1 heterocycles. The highest BCUT2D eigenvalue weighted by Crippen LogP contribution is 2.26. The molecule has 1 amide bonds. The zero-order chi connectivity index (χ0) is 11.7. The van der Waals surface area contributed by atoms with E-state index in [1.165, 1.54) is 0 Å². The summed E-state index contributed by atoms with van der Waals surface area (Å²) in [7, 11) is 1.72. The lowest BCUT2D eigenvalue weighted by Crippen LogP contribution is -2.41. The Labute approximate surface area is 98.2 Å². The van der Waals surface area contributed by atoms with E-state index in [1.807, 2.05) is 0 Å². The van der Waals surface area contributed by atoms with Crippen molar-refractivity contribution >= 4 is 17.5 Å². The number of rotatable bonds is 2. The molecule has 16 heavy (non-hydrogen) atoms. The monoisotopic (exact) mass is 242 g/mol. The highest BCUT2D eigenvalue weighted by molar-refractivity contribution is 6.32. The van der Waals surface area contributed by atoms with Crippen LogP contribution in [0.5, 0.6) is 0 Å². The first-order valence-corrected chi connectivity index (χ1v) is 5.55. The molecule has 0 atom stereocenters. The molecule has 86 valence electrons. The van der Waals surface area contributed by atoms with E-state index < -0.39 is 5.82 Å². The molecule has 2 rings (SSSR count). The van der Waals surface area contributed by atoms with Crippen LogP contribution in [0.1, 0.15) is 29.6 Å². The predicted octanol–water partition coefficient (Wildman–Crippen LogP) is 2.50. The molecule has 1 aromatic rings. The average Bonchev–Trinajstić information content (AvgIpc) is 2.18. The van der Waals surface area contributed by atoms with Crippen molar-refractivity contribution in [3.05, 3.63) is 28.8 Å². The summed E-state index contributed by atoms with van der Waals surface area (Å²) in [6, 6.07) is 1.39. The molecule has 0 aromatic carbocycles. The molecule has 3 nitrogen and oxygen atoms in total. The Morgan fingerprint density at radius 3 is 2.88 bits per heavy atom. The predicted molar refractivity (Wildman–Crippen MR) is 58.9 cm³/mol. The molecule has 5 heteroatoms. The minimum absolute atomic E-state index is 0.0533. The lowest BCUT2D eigenvalue weighted by molar-refractivity contribution is 0.0651. The van der Waals surface area contributed by atoms with Crippen LogP contribution in [0.25, 0.3) is 0 Å². The molecule has 0 bridgehead atoms. The van der Waals surface area contributed by atoms with Gasteiger partial charge in [0.15, 0.2) is 0 Å². The molecule has 1 aliphatic rings. The summed E-state index contributed by atoms with van der Waals surface area (Å²) < 4.78 is 13.0. The van der Waals surface area contributed by atoms with Crippen LogP contribution >= 0.6 is 11.6 Å². The number of carbonyl (C=O) groups excluding carboxylic acids is 1. The number of aromatic nitrogens is 1. The van der Waals surface area contributed by atoms with Gasteiger partial charge in [-0.3, -0.25) is 4.79 Å². The number of pyridine rings is 1. The summed E-state index contributed by atoms with van der Waals surface area (Å²) in [4.78, 5) is 17.2. The van der Waals surface area contributed by atoms with Crippen LogP contribution in [0.15, 0.2) is 12.3 Å². The molecule has 0 aliphatic heterocycles. The SMILES string of the molecule is CN(C(=O)c1cc(F)cnc1Cl)C1CCC1. The first kappa shape index (κ1) is 11.3. The quantitative estimate of drug-likeness (QED) is 0.747. The Balaban J connectivity index is 2.22. The normalized spacial score (nSPS) is 15.7. The van der Waals surface area contributed by atoms with Crippen LogP contribution < -0.4 is 0 Å². The van der Waals surface area contributed by atoms with E-state index in [4.69, 9.17) is 11.6 Å². The largest absolute Gasteiger partial charge is 0.339 e. The van der Waals surface area contributed by atoms with Gasteiger partial charge in [-0.25, -0.2) is 9.37 Å². The van der Waals surface area contributed by atoms with E-state index in [0.717, 1.165) is 31.5 Å². The number of carbonyl (C=O) groups is 1. The molecule has 1 fully saturated rings. The maximum Gasteiger partial charge on any atom is 0.257 e. The second-order valence-electron chi connectivity index (χ2n) is 3.99. The van der Waals surface area contributed by atoms with Crippen molar-refractivity contribution in [1.29, 1.82) is 0 Å². The zero-order valence-electron chi connectivity index (χ0n) is 8.91. The molecule has 0 spiro atoms. The summed E-state index contributed by atoms with van der Waals surface area (Å²) in [6.07, 6.45) is 4.14. The fourth-order valence-corrected chi connectivity index (χ4v) is 1.89. The summed E-state index contributed by atoms with van der Waals surface area (Å²) >= 11 is 5.78. The smallest absolute Gasteiger partial charge is 0.257 e. The van der Waals surface area contributed by atoms with Gasteiger partial charge < -0.3 is 4.90 Å². The number of halogens is 2. The lowest BCUT2D eigenvalue weighted by Gasteiger charge is -2.34. The maximum absolute atomic E-state index is 13.0. The Morgan fingerprint density at radius 2 is 2.31 bits per heavy atom. The third kappa shape index (κ3) is 2.02. The van der Waals surface area contributed by atoms with Gasteiger partial charge in [0.25, 0.3) is 5.91 Å². The molecule has 0 radical (unpaired) electrons. The van der Waals surface area contributed by atoms with Gasteiger partial charge in [-0.2, -0.15) is 0 Å². The van der Waals surface area contributed by atoms with E-state index in [-0.39, 0.29) is 22.7 Å². The second kappa shape index (κ2) is 4.37. The highest BCUT2D eigenvalue weighted by atomic mass is 35.5. The number of hydrogen-bond acceptors (Lipinski definition) is 2. The van der Waals surface area contributed by atoms with Crippen molar-refractivity contribution in [2.24, 2.45) is 0 Å². The van der Waals surface area contributed by atoms with E-state index in [1.54, 1.807) is 11.9 Å². The third-order valence-corrected chi connectivity index (χ3v) is 3.28. The Bertz CT molecular complexity index is 420. The van der Waals surface area contributed by atoms with Crippen LogP contribution in [-0.4, -0.2) is 28.9 Å². The molecule has 0 saturated heterocycles. The van der Waals surface area contributed by atoms with E-state index >= 15 is 0 Å². The topological polar surface area (TPSA) is 33.2 Å². The summed E-state index contributed by atoms with van der Waals surface area (Å²) in [5.74, 6) is -0.809. The molecular formula is C11H12ClFN2O. The minimum Gasteiger partial charge on any atom is -0.339 e. The van der Waals surface area contributed by atoms with Gasteiger partial charge in [-0.1, -0.05) is 11.6 Å². The second-order valence-corrected chi connectivity index (χ2v) is 4.35. The Hall–Kier alpha value is -1.16. The first-order chi connectivity index (χ1) is 7.59. The van der Waals surface area contributed by atoms with Crippen LogP contribution in [0.3, 0.4) is 0 Å². The van der Waals surface area contributed by atoms with Gasteiger partial charge >= 0.3 is 0 Å². The van der Waals surface area contributed by atoms with Crippen LogP contribution in [-0.2, 0) is 0 Å². The molecule has 1 saturated carbocycles. The van der Waals surface area contributed by atoms with Crippen molar-refractivity contribution in [2.75, 3.05) is 7.05 Å². The van der Waals surface area contributed by atoms with Crippen molar-refractivity contribution in [1.82, 2.24) is 9.88 Å². The third-order valence-electron chi connectivity index (χ3n) is 2.98. The Morgan fingerprint density at radius 1 is 1.62 bits per heavy atom. The van der Waals surface area contributed by atoms with Gasteiger partial charge in [0.1, 0.15) is 11.0 Å². The molecule has 0 unspecified atom stereocenters. The standard InChI is InChI=1S/C11H12ClFN2O/c1-15(8-3-2-4-8)11(16)9-5-7(13)6-14-10(9)12/h5-6,8H,2-4H2,1H3. The fraction of sp³-hybridized carbons (Fsp3) is 0.455. The van der Waals surface area contributed by atoms with Crippen LogP contribution in [0.2, 0.25) is 5.15 Å². The Kier molecular flexibility index (Phi) is 3.10.